The van der Waals surface area contributed by atoms with Crippen molar-refractivity contribution in [3.05, 3.63) is 16.3 Å². The first-order valence-electron chi connectivity index (χ1n) is 5.25. The third kappa shape index (κ3) is 2.12. The molecule has 1 unspecified atom stereocenters. The van der Waals surface area contributed by atoms with Crippen molar-refractivity contribution in [3.63, 3.8) is 0 Å². The van der Waals surface area contributed by atoms with E-state index >= 15 is 0 Å². The van der Waals surface area contributed by atoms with E-state index in [0.29, 0.717) is 18.8 Å². The van der Waals surface area contributed by atoms with Gasteiger partial charge in [0.15, 0.2) is 0 Å². The summed E-state index contributed by atoms with van der Waals surface area (Å²) < 4.78 is 13.4. The second-order valence-electron chi connectivity index (χ2n) is 3.90. The lowest BCUT2D eigenvalue weighted by atomic mass is 10.2. The average Bonchev–Trinajstić information content (AvgIpc) is 2.62. The molecule has 7 heteroatoms. The number of nitro groups is 1. The molecule has 1 atom stereocenters. The van der Waals surface area contributed by atoms with Gasteiger partial charge in [-0.3, -0.25) is 15.2 Å². The van der Waals surface area contributed by atoms with E-state index in [4.69, 9.17) is 0 Å². The van der Waals surface area contributed by atoms with Crippen LogP contribution in [0, 0.1) is 10.1 Å². The minimum absolute atomic E-state index is 0.0888. The number of hydrogen-bond acceptors (Lipinski definition) is 4. The molecule has 1 saturated heterocycles. The highest BCUT2D eigenvalue weighted by molar-refractivity contribution is 5.56. The summed E-state index contributed by atoms with van der Waals surface area (Å²) in [5, 5.41) is 16.9. The first-order chi connectivity index (χ1) is 7.68. The van der Waals surface area contributed by atoms with E-state index in [-0.39, 0.29) is 12.2 Å². The van der Waals surface area contributed by atoms with E-state index in [9.17, 15) is 14.5 Å². The third-order valence-electron chi connectivity index (χ3n) is 2.73. The normalized spacial score (nSPS) is 21.8. The number of halogens is 1. The Balaban J connectivity index is 2.21. The van der Waals surface area contributed by atoms with Gasteiger partial charge in [0.25, 0.3) is 0 Å². The fourth-order valence-corrected chi connectivity index (χ4v) is 1.93. The molecule has 1 aliphatic rings. The zero-order valence-corrected chi connectivity index (χ0v) is 8.73. The molecular formula is C9H13FN4O2. The summed E-state index contributed by atoms with van der Waals surface area (Å²) in [6.45, 7) is 0.826. The van der Waals surface area contributed by atoms with Crippen LogP contribution in [-0.4, -0.2) is 34.4 Å². The minimum atomic E-state index is -0.926. The smallest absolute Gasteiger partial charge is 0.330 e. The lowest BCUT2D eigenvalue weighted by Gasteiger charge is -2.20. The maximum atomic E-state index is 13.4. The lowest BCUT2D eigenvalue weighted by Crippen LogP contribution is -2.29. The number of nitrogens with one attached hydrogen (secondary N) is 1. The summed E-state index contributed by atoms with van der Waals surface area (Å²) in [6.07, 6.45) is 2.42. The van der Waals surface area contributed by atoms with Gasteiger partial charge in [-0.15, -0.1) is 0 Å². The molecule has 1 aromatic rings. The van der Waals surface area contributed by atoms with E-state index in [0.717, 1.165) is 19.0 Å². The van der Waals surface area contributed by atoms with Crippen molar-refractivity contribution < 1.29 is 9.31 Å². The van der Waals surface area contributed by atoms with Crippen LogP contribution >= 0.6 is 0 Å². The average molecular weight is 228 g/mol. The van der Waals surface area contributed by atoms with Crippen LogP contribution in [0.5, 0.6) is 0 Å². The van der Waals surface area contributed by atoms with Crippen LogP contribution < -0.4 is 4.90 Å². The molecule has 16 heavy (non-hydrogen) atoms. The Labute approximate surface area is 91.6 Å². The number of nitrogens with zero attached hydrogens (tertiary/aromatic N) is 3. The molecule has 1 N–H and O–H groups in total. The highest BCUT2D eigenvalue weighted by atomic mass is 19.1. The quantitative estimate of drug-likeness (QED) is 0.616. The number of rotatable bonds is 2. The van der Waals surface area contributed by atoms with Gasteiger partial charge in [-0.1, -0.05) is 0 Å². The van der Waals surface area contributed by atoms with Crippen molar-refractivity contribution >= 4 is 11.5 Å². The lowest BCUT2D eigenvalue weighted by molar-refractivity contribution is -0.384. The maximum absolute atomic E-state index is 13.4. The summed E-state index contributed by atoms with van der Waals surface area (Å²) in [7, 11) is 0. The van der Waals surface area contributed by atoms with Gasteiger partial charge in [0, 0.05) is 6.54 Å². The summed E-state index contributed by atoms with van der Waals surface area (Å²) in [4.78, 5) is 11.9. The zero-order valence-electron chi connectivity index (χ0n) is 8.73. The van der Waals surface area contributed by atoms with Gasteiger partial charge in [-0.05, 0) is 19.3 Å². The summed E-state index contributed by atoms with van der Waals surface area (Å²) in [5.41, 5.74) is -0.0888. The molecule has 1 aromatic heterocycles. The van der Waals surface area contributed by atoms with Gasteiger partial charge in [-0.25, -0.2) is 4.39 Å². The number of hydrogen-bond donors (Lipinski definition) is 1. The maximum Gasteiger partial charge on any atom is 0.330 e. The molecule has 0 bridgehead atoms. The van der Waals surface area contributed by atoms with E-state index in [1.54, 1.807) is 4.90 Å². The molecule has 88 valence electrons. The van der Waals surface area contributed by atoms with Crippen molar-refractivity contribution in [2.45, 2.75) is 25.4 Å². The molecule has 0 spiro atoms. The van der Waals surface area contributed by atoms with Gasteiger partial charge in [-0.2, -0.15) is 5.10 Å². The summed E-state index contributed by atoms with van der Waals surface area (Å²) >= 11 is 0. The highest BCUT2D eigenvalue weighted by Crippen LogP contribution is 2.27. The first kappa shape index (κ1) is 10.8. The first-order valence-corrected chi connectivity index (χ1v) is 5.25. The fraction of sp³-hybridized carbons (Fsp3) is 0.667. The van der Waals surface area contributed by atoms with Gasteiger partial charge in [0.2, 0.25) is 5.82 Å². The van der Waals surface area contributed by atoms with Crippen LogP contribution in [0.15, 0.2) is 6.20 Å². The van der Waals surface area contributed by atoms with Crippen LogP contribution in [0.3, 0.4) is 0 Å². The van der Waals surface area contributed by atoms with Crippen LogP contribution in [0.2, 0.25) is 0 Å². The monoisotopic (exact) mass is 228 g/mol. The van der Waals surface area contributed by atoms with Crippen molar-refractivity contribution in [2.75, 3.05) is 18.0 Å². The fourth-order valence-electron chi connectivity index (χ4n) is 1.93. The number of alkyl halides is 1. The molecule has 0 aromatic carbocycles. The topological polar surface area (TPSA) is 75.1 Å². The molecule has 6 nitrogen and oxygen atoms in total. The van der Waals surface area contributed by atoms with Crippen molar-refractivity contribution in [2.24, 2.45) is 0 Å². The third-order valence-corrected chi connectivity index (χ3v) is 2.73. The van der Waals surface area contributed by atoms with Gasteiger partial charge in [0.05, 0.1) is 11.5 Å². The van der Waals surface area contributed by atoms with Crippen LogP contribution in [0.25, 0.3) is 0 Å². The number of anilines is 1. The molecule has 0 aliphatic carbocycles. The van der Waals surface area contributed by atoms with E-state index in [1.165, 1.54) is 0 Å². The largest absolute Gasteiger partial charge is 0.348 e. The molecule has 2 rings (SSSR count). The van der Waals surface area contributed by atoms with E-state index in [2.05, 4.69) is 10.2 Å². The second-order valence-corrected chi connectivity index (χ2v) is 3.90. The molecular weight excluding hydrogens is 215 g/mol. The Kier molecular flexibility index (Phi) is 3.02. The molecule has 2 heterocycles. The van der Waals surface area contributed by atoms with Crippen LogP contribution in [0.1, 0.15) is 19.3 Å². The molecule has 0 amide bonds. The highest BCUT2D eigenvalue weighted by Gasteiger charge is 2.25. The standard InChI is InChI=1S/C9H13FN4O2/c10-7-3-1-2-4-13(6-7)9-8(14(15)16)5-11-12-9/h5,7H,1-4,6H2,(H,11,12). The number of aromatic amines is 1. The minimum Gasteiger partial charge on any atom is -0.348 e. The Hall–Kier alpha value is -1.66. The van der Waals surface area contributed by atoms with Crippen LogP contribution in [-0.2, 0) is 0 Å². The Morgan fingerprint density at radius 2 is 2.44 bits per heavy atom. The summed E-state index contributed by atoms with van der Waals surface area (Å²) in [5.74, 6) is 0.314. The predicted octanol–water partition coefficient (Wildman–Crippen LogP) is 1.65. The Bertz CT molecular complexity index is 381. The molecule has 0 radical (unpaired) electrons. The van der Waals surface area contributed by atoms with Crippen molar-refractivity contribution in [1.82, 2.24) is 10.2 Å². The van der Waals surface area contributed by atoms with E-state index < -0.39 is 11.1 Å². The molecule has 0 saturated carbocycles. The number of H-pyrrole nitrogens is 1. The zero-order chi connectivity index (χ0) is 11.5. The Morgan fingerprint density at radius 3 is 3.19 bits per heavy atom. The Morgan fingerprint density at radius 1 is 1.62 bits per heavy atom. The SMILES string of the molecule is O=[N+]([O-])c1cn[nH]c1N1CCCCC(F)C1. The second kappa shape index (κ2) is 4.46. The van der Waals surface area contributed by atoms with E-state index in [1.807, 2.05) is 0 Å². The number of aromatic nitrogens is 2. The van der Waals surface area contributed by atoms with Gasteiger partial charge < -0.3 is 4.90 Å². The van der Waals surface area contributed by atoms with Crippen molar-refractivity contribution in [1.29, 1.82) is 0 Å². The van der Waals surface area contributed by atoms with Gasteiger partial charge >= 0.3 is 5.69 Å². The molecule has 1 fully saturated rings. The van der Waals surface area contributed by atoms with Gasteiger partial charge in [0.1, 0.15) is 12.4 Å². The van der Waals surface area contributed by atoms with Crippen LogP contribution in [0.4, 0.5) is 15.9 Å². The predicted molar refractivity (Wildman–Crippen MR) is 56.2 cm³/mol. The van der Waals surface area contributed by atoms with Crippen molar-refractivity contribution in [3.8, 4) is 0 Å². The summed E-state index contributed by atoms with van der Waals surface area (Å²) in [6, 6.07) is 0. The molecule has 1 aliphatic heterocycles.